The van der Waals surface area contributed by atoms with Gasteiger partial charge in [-0.3, -0.25) is 9.00 Å². The summed E-state index contributed by atoms with van der Waals surface area (Å²) in [6, 6.07) is 0. The summed E-state index contributed by atoms with van der Waals surface area (Å²) in [7, 11) is -0.688. The van der Waals surface area contributed by atoms with E-state index < -0.39 is 10.8 Å². The van der Waals surface area contributed by atoms with Crippen molar-refractivity contribution in [3.05, 3.63) is 0 Å². The lowest BCUT2D eigenvalue weighted by atomic mass is 10.0. The fourth-order valence-electron chi connectivity index (χ4n) is 2.15. The van der Waals surface area contributed by atoms with Gasteiger partial charge in [0, 0.05) is 41.8 Å². The van der Waals surface area contributed by atoms with Crippen molar-refractivity contribution < 1.29 is 9.00 Å². The number of rotatable bonds is 2. The highest BCUT2D eigenvalue weighted by molar-refractivity contribution is 7.85. The Hall–Kier alpha value is -0.420. The molecule has 1 amide bonds. The Balaban J connectivity index is 1.77. The first-order valence-corrected chi connectivity index (χ1v) is 7.08. The highest BCUT2D eigenvalue weighted by Crippen LogP contribution is 2.14. The van der Waals surface area contributed by atoms with Crippen LogP contribution < -0.4 is 5.32 Å². The van der Waals surface area contributed by atoms with Crippen LogP contribution in [0.4, 0.5) is 0 Å². The molecule has 1 N–H and O–H groups in total. The minimum Gasteiger partial charge on any atom is -0.341 e. The molecule has 2 saturated heterocycles. The van der Waals surface area contributed by atoms with Gasteiger partial charge in [-0.05, 0) is 25.4 Å². The van der Waals surface area contributed by atoms with E-state index in [1.54, 1.807) is 0 Å². The molecule has 0 aromatic carbocycles. The number of hydrogen-bond donors (Lipinski definition) is 1. The van der Waals surface area contributed by atoms with Crippen LogP contribution in [0.5, 0.6) is 0 Å². The molecule has 15 heavy (non-hydrogen) atoms. The van der Waals surface area contributed by atoms with Crippen LogP contribution in [0.3, 0.4) is 0 Å². The van der Waals surface area contributed by atoms with Crippen LogP contribution in [0.1, 0.15) is 12.8 Å². The van der Waals surface area contributed by atoms with Gasteiger partial charge in [0.25, 0.3) is 0 Å². The number of nitrogens with one attached hydrogen (secondary N) is 1. The molecule has 2 heterocycles. The first kappa shape index (κ1) is 11.1. The third-order valence-electron chi connectivity index (χ3n) is 3.16. The van der Waals surface area contributed by atoms with E-state index in [9.17, 15) is 9.00 Å². The lowest BCUT2D eigenvalue weighted by Gasteiger charge is -2.27. The molecule has 0 aromatic rings. The summed E-state index contributed by atoms with van der Waals surface area (Å²) in [5.74, 6) is 2.09. The topological polar surface area (TPSA) is 49.4 Å². The Morgan fingerprint density at radius 1 is 1.40 bits per heavy atom. The minimum atomic E-state index is -0.688. The molecule has 0 spiro atoms. The standard InChI is InChI=1S/C10H18N2O2S/c13-10(7-9-1-2-11-8-9)12-3-5-15(14)6-4-12/h9,11H,1-8H2. The van der Waals surface area contributed by atoms with Gasteiger partial charge in [-0.2, -0.15) is 0 Å². The van der Waals surface area contributed by atoms with Crippen LogP contribution >= 0.6 is 0 Å². The second kappa shape index (κ2) is 5.07. The highest BCUT2D eigenvalue weighted by atomic mass is 32.2. The van der Waals surface area contributed by atoms with Crippen molar-refractivity contribution in [2.45, 2.75) is 12.8 Å². The second-order valence-electron chi connectivity index (χ2n) is 4.29. The first-order valence-electron chi connectivity index (χ1n) is 5.59. The molecule has 2 aliphatic heterocycles. The van der Waals surface area contributed by atoms with Crippen molar-refractivity contribution in [2.75, 3.05) is 37.7 Å². The fourth-order valence-corrected chi connectivity index (χ4v) is 3.20. The molecule has 0 radical (unpaired) electrons. The quantitative estimate of drug-likeness (QED) is 0.701. The van der Waals surface area contributed by atoms with Crippen molar-refractivity contribution >= 4 is 16.7 Å². The van der Waals surface area contributed by atoms with Crippen molar-refractivity contribution in [1.82, 2.24) is 10.2 Å². The Morgan fingerprint density at radius 2 is 2.13 bits per heavy atom. The molecule has 2 fully saturated rings. The van der Waals surface area contributed by atoms with E-state index >= 15 is 0 Å². The van der Waals surface area contributed by atoms with Gasteiger partial charge in [-0.25, -0.2) is 0 Å². The number of nitrogens with zero attached hydrogens (tertiary/aromatic N) is 1. The van der Waals surface area contributed by atoms with Crippen LogP contribution in [-0.4, -0.2) is 52.7 Å². The fraction of sp³-hybridized carbons (Fsp3) is 0.900. The maximum absolute atomic E-state index is 11.9. The molecule has 0 aromatic heterocycles. The average molecular weight is 230 g/mol. The molecule has 1 atom stereocenters. The smallest absolute Gasteiger partial charge is 0.222 e. The van der Waals surface area contributed by atoms with Gasteiger partial charge in [0.1, 0.15) is 0 Å². The summed E-state index contributed by atoms with van der Waals surface area (Å²) < 4.78 is 11.1. The van der Waals surface area contributed by atoms with Gasteiger partial charge < -0.3 is 10.2 Å². The first-order chi connectivity index (χ1) is 7.25. The molecule has 86 valence electrons. The summed E-state index contributed by atoms with van der Waals surface area (Å²) in [6.07, 6.45) is 1.78. The van der Waals surface area contributed by atoms with Crippen LogP contribution in [0, 0.1) is 5.92 Å². The zero-order chi connectivity index (χ0) is 10.7. The second-order valence-corrected chi connectivity index (χ2v) is 5.99. The maximum Gasteiger partial charge on any atom is 0.222 e. The molecule has 0 saturated carbocycles. The van der Waals surface area contributed by atoms with Crippen LogP contribution in [0.15, 0.2) is 0 Å². The summed E-state index contributed by atoms with van der Waals surface area (Å²) in [6.45, 7) is 3.39. The molecule has 2 rings (SSSR count). The highest BCUT2D eigenvalue weighted by Gasteiger charge is 2.24. The molecular formula is C10H18N2O2S. The van der Waals surface area contributed by atoms with Gasteiger partial charge in [-0.15, -0.1) is 0 Å². The summed E-state index contributed by atoms with van der Waals surface area (Å²) in [4.78, 5) is 13.7. The van der Waals surface area contributed by atoms with E-state index in [4.69, 9.17) is 0 Å². The van der Waals surface area contributed by atoms with Crippen LogP contribution in [-0.2, 0) is 15.6 Å². The SMILES string of the molecule is O=C(CC1CCNC1)N1CCS(=O)CC1. The third kappa shape index (κ3) is 3.01. The monoisotopic (exact) mass is 230 g/mol. The zero-order valence-electron chi connectivity index (χ0n) is 8.91. The van der Waals surface area contributed by atoms with Crippen molar-refractivity contribution in [1.29, 1.82) is 0 Å². The number of amides is 1. The Labute approximate surface area is 92.9 Å². The molecule has 0 aliphatic carbocycles. The van der Waals surface area contributed by atoms with E-state index in [1.807, 2.05) is 4.90 Å². The number of carbonyl (C=O) groups is 1. The van der Waals surface area contributed by atoms with Crippen molar-refractivity contribution in [3.63, 3.8) is 0 Å². The normalized spacial score (nSPS) is 28.3. The molecule has 2 aliphatic rings. The maximum atomic E-state index is 11.9. The molecular weight excluding hydrogens is 212 g/mol. The van der Waals surface area contributed by atoms with E-state index in [-0.39, 0.29) is 5.91 Å². The predicted molar refractivity (Wildman–Crippen MR) is 60.1 cm³/mol. The van der Waals surface area contributed by atoms with E-state index in [0.717, 1.165) is 19.5 Å². The van der Waals surface area contributed by atoms with Gasteiger partial charge in [0.2, 0.25) is 5.91 Å². The van der Waals surface area contributed by atoms with E-state index in [1.165, 1.54) is 0 Å². The van der Waals surface area contributed by atoms with E-state index in [2.05, 4.69) is 5.32 Å². The number of hydrogen-bond acceptors (Lipinski definition) is 3. The molecule has 0 bridgehead atoms. The lowest BCUT2D eigenvalue weighted by Crippen LogP contribution is -2.42. The average Bonchev–Trinajstić information content (AvgIpc) is 2.71. The Bertz CT molecular complexity index is 254. The van der Waals surface area contributed by atoms with Gasteiger partial charge in [0.05, 0.1) is 0 Å². The molecule has 1 unspecified atom stereocenters. The predicted octanol–water partition coefficient (Wildman–Crippen LogP) is -0.423. The van der Waals surface area contributed by atoms with E-state index in [0.29, 0.717) is 36.9 Å². The van der Waals surface area contributed by atoms with Crippen molar-refractivity contribution in [2.24, 2.45) is 5.92 Å². The summed E-state index contributed by atoms with van der Waals surface area (Å²) >= 11 is 0. The Kier molecular flexibility index (Phi) is 3.75. The molecule has 4 nitrogen and oxygen atoms in total. The van der Waals surface area contributed by atoms with Crippen LogP contribution in [0.25, 0.3) is 0 Å². The summed E-state index contributed by atoms with van der Waals surface area (Å²) in [5, 5.41) is 3.27. The zero-order valence-corrected chi connectivity index (χ0v) is 9.72. The Morgan fingerprint density at radius 3 is 2.73 bits per heavy atom. The lowest BCUT2D eigenvalue weighted by molar-refractivity contribution is -0.131. The minimum absolute atomic E-state index is 0.250. The van der Waals surface area contributed by atoms with Crippen LogP contribution in [0.2, 0.25) is 0 Å². The van der Waals surface area contributed by atoms with Crippen molar-refractivity contribution in [3.8, 4) is 0 Å². The largest absolute Gasteiger partial charge is 0.341 e. The van der Waals surface area contributed by atoms with Gasteiger partial charge in [-0.1, -0.05) is 0 Å². The summed E-state index contributed by atoms with van der Waals surface area (Å²) in [5.41, 5.74) is 0. The number of carbonyl (C=O) groups excluding carboxylic acids is 1. The third-order valence-corrected chi connectivity index (χ3v) is 4.43. The van der Waals surface area contributed by atoms with Gasteiger partial charge >= 0.3 is 0 Å². The molecule has 5 heteroatoms. The van der Waals surface area contributed by atoms with Gasteiger partial charge in [0.15, 0.2) is 0 Å².